The van der Waals surface area contributed by atoms with Crippen molar-refractivity contribution >= 4 is 17.6 Å². The lowest BCUT2D eigenvalue weighted by Crippen LogP contribution is -2.52. The van der Waals surface area contributed by atoms with E-state index in [4.69, 9.17) is 5.73 Å². The number of nitrogens with two attached hydrogens (primary N) is 1. The number of rotatable bonds is 7. The summed E-state index contributed by atoms with van der Waals surface area (Å²) in [6.45, 7) is 6.14. The molecule has 21 heavy (non-hydrogen) atoms. The quantitative estimate of drug-likeness (QED) is 0.713. The lowest BCUT2D eigenvalue weighted by Gasteiger charge is -2.28. The molecule has 0 radical (unpaired) electrons. The highest BCUT2D eigenvalue weighted by Gasteiger charge is 2.35. The zero-order chi connectivity index (χ0) is 16.0. The number of likely N-dealkylation sites (tertiary alicyclic amines) is 1. The van der Waals surface area contributed by atoms with Crippen LogP contribution in [-0.4, -0.2) is 47.7 Å². The van der Waals surface area contributed by atoms with E-state index < -0.39 is 6.04 Å². The number of hydrogen-bond donors (Lipinski definition) is 2. The lowest BCUT2D eigenvalue weighted by atomic mass is 10.1. The zero-order valence-electron chi connectivity index (χ0n) is 13.2. The summed E-state index contributed by atoms with van der Waals surface area (Å²) >= 11 is 0. The van der Waals surface area contributed by atoms with Crippen LogP contribution in [0.25, 0.3) is 0 Å². The lowest BCUT2D eigenvalue weighted by molar-refractivity contribution is -0.140. The minimum Gasteiger partial charge on any atom is -0.344 e. The van der Waals surface area contributed by atoms with Crippen molar-refractivity contribution in [1.82, 2.24) is 10.2 Å². The summed E-state index contributed by atoms with van der Waals surface area (Å²) in [5.41, 5.74) is 5.50. The highest BCUT2D eigenvalue weighted by molar-refractivity contribution is 5.92. The molecule has 0 saturated carbocycles. The molecule has 1 aliphatic heterocycles. The van der Waals surface area contributed by atoms with Gasteiger partial charge in [0.15, 0.2) is 5.78 Å². The summed E-state index contributed by atoms with van der Waals surface area (Å²) in [7, 11) is 0. The molecular formula is C15H27N3O3. The SMILES string of the molecule is CC(=O)C1CCCN1C(=O)C(CCCN)NC(=O)C(C)C. The Labute approximate surface area is 126 Å². The molecule has 6 nitrogen and oxygen atoms in total. The fraction of sp³-hybridized carbons (Fsp3) is 0.800. The van der Waals surface area contributed by atoms with E-state index in [9.17, 15) is 14.4 Å². The van der Waals surface area contributed by atoms with Gasteiger partial charge in [-0.3, -0.25) is 14.4 Å². The Bertz CT molecular complexity index is 396. The fourth-order valence-corrected chi connectivity index (χ4v) is 2.57. The largest absolute Gasteiger partial charge is 0.344 e. The van der Waals surface area contributed by atoms with Crippen LogP contribution in [0, 0.1) is 5.92 Å². The second kappa shape index (κ2) is 8.12. The number of ketones is 1. The first-order valence-electron chi connectivity index (χ1n) is 7.69. The van der Waals surface area contributed by atoms with Gasteiger partial charge < -0.3 is 16.0 Å². The first-order chi connectivity index (χ1) is 9.88. The Hall–Kier alpha value is -1.43. The number of carbonyl (C=O) groups is 3. The third-order valence-electron chi connectivity index (χ3n) is 3.84. The zero-order valence-corrected chi connectivity index (χ0v) is 13.2. The molecule has 0 bridgehead atoms. The van der Waals surface area contributed by atoms with Crippen LogP contribution in [0.3, 0.4) is 0 Å². The van der Waals surface area contributed by atoms with Gasteiger partial charge in [0.25, 0.3) is 0 Å². The van der Waals surface area contributed by atoms with Crippen molar-refractivity contribution in [1.29, 1.82) is 0 Å². The van der Waals surface area contributed by atoms with Gasteiger partial charge in [-0.2, -0.15) is 0 Å². The van der Waals surface area contributed by atoms with E-state index in [2.05, 4.69) is 5.32 Å². The van der Waals surface area contributed by atoms with Crippen molar-refractivity contribution in [2.24, 2.45) is 11.7 Å². The number of Topliss-reactive ketones (excluding diaryl/α,β-unsaturated/α-hetero) is 1. The van der Waals surface area contributed by atoms with Gasteiger partial charge in [0, 0.05) is 12.5 Å². The molecule has 2 unspecified atom stereocenters. The second-order valence-electron chi connectivity index (χ2n) is 5.95. The van der Waals surface area contributed by atoms with E-state index in [0.29, 0.717) is 32.4 Å². The molecule has 1 heterocycles. The maximum Gasteiger partial charge on any atom is 0.245 e. The highest BCUT2D eigenvalue weighted by Crippen LogP contribution is 2.20. The minimum atomic E-state index is -0.580. The van der Waals surface area contributed by atoms with Gasteiger partial charge >= 0.3 is 0 Å². The average molecular weight is 297 g/mol. The van der Waals surface area contributed by atoms with Gasteiger partial charge in [-0.05, 0) is 39.2 Å². The summed E-state index contributed by atoms with van der Waals surface area (Å²) in [4.78, 5) is 37.8. The first-order valence-corrected chi connectivity index (χ1v) is 7.69. The Morgan fingerprint density at radius 1 is 1.33 bits per heavy atom. The van der Waals surface area contributed by atoms with Gasteiger partial charge in [-0.15, -0.1) is 0 Å². The average Bonchev–Trinajstić information content (AvgIpc) is 2.91. The normalized spacial score (nSPS) is 19.7. The van der Waals surface area contributed by atoms with Gasteiger partial charge in [0.1, 0.15) is 6.04 Å². The van der Waals surface area contributed by atoms with E-state index in [1.807, 2.05) is 0 Å². The first kappa shape index (κ1) is 17.6. The van der Waals surface area contributed by atoms with Crippen molar-refractivity contribution < 1.29 is 14.4 Å². The van der Waals surface area contributed by atoms with E-state index in [-0.39, 0.29) is 29.6 Å². The molecule has 6 heteroatoms. The Balaban J connectivity index is 2.78. The maximum atomic E-state index is 12.6. The van der Waals surface area contributed by atoms with E-state index in [1.54, 1.807) is 18.7 Å². The molecule has 2 atom stereocenters. The van der Waals surface area contributed by atoms with Crippen molar-refractivity contribution in [2.75, 3.05) is 13.1 Å². The molecule has 0 aliphatic carbocycles. The van der Waals surface area contributed by atoms with Crippen molar-refractivity contribution in [3.63, 3.8) is 0 Å². The van der Waals surface area contributed by atoms with E-state index in [0.717, 1.165) is 6.42 Å². The number of nitrogens with zero attached hydrogens (tertiary/aromatic N) is 1. The van der Waals surface area contributed by atoms with Crippen molar-refractivity contribution in [3.8, 4) is 0 Å². The third kappa shape index (κ3) is 4.81. The summed E-state index contributed by atoms with van der Waals surface area (Å²) in [6.07, 6.45) is 2.71. The third-order valence-corrected chi connectivity index (χ3v) is 3.84. The van der Waals surface area contributed by atoms with Gasteiger partial charge in [-0.25, -0.2) is 0 Å². The van der Waals surface area contributed by atoms with Crippen LogP contribution in [0.1, 0.15) is 46.5 Å². The van der Waals surface area contributed by atoms with Crippen LogP contribution in [0.4, 0.5) is 0 Å². The van der Waals surface area contributed by atoms with Gasteiger partial charge in [0.05, 0.1) is 6.04 Å². The van der Waals surface area contributed by atoms with Crippen LogP contribution in [0.5, 0.6) is 0 Å². The topological polar surface area (TPSA) is 92.5 Å². The van der Waals surface area contributed by atoms with Gasteiger partial charge in [0.2, 0.25) is 11.8 Å². The number of carbonyl (C=O) groups excluding carboxylic acids is 3. The van der Waals surface area contributed by atoms with E-state index >= 15 is 0 Å². The summed E-state index contributed by atoms with van der Waals surface area (Å²) in [5.74, 6) is -0.479. The van der Waals surface area contributed by atoms with Crippen LogP contribution < -0.4 is 11.1 Å². The Morgan fingerprint density at radius 3 is 2.52 bits per heavy atom. The molecule has 0 aromatic carbocycles. The predicted molar refractivity (Wildman–Crippen MR) is 80.5 cm³/mol. The molecule has 1 rings (SSSR count). The fourth-order valence-electron chi connectivity index (χ4n) is 2.57. The predicted octanol–water partition coefficient (Wildman–Crippen LogP) is 0.446. The van der Waals surface area contributed by atoms with Crippen LogP contribution in [0.15, 0.2) is 0 Å². The van der Waals surface area contributed by atoms with Crippen molar-refractivity contribution in [2.45, 2.75) is 58.5 Å². The Morgan fingerprint density at radius 2 is 2.00 bits per heavy atom. The van der Waals surface area contributed by atoms with Crippen LogP contribution >= 0.6 is 0 Å². The molecule has 2 amide bonds. The van der Waals surface area contributed by atoms with Crippen molar-refractivity contribution in [3.05, 3.63) is 0 Å². The molecule has 3 N–H and O–H groups in total. The van der Waals surface area contributed by atoms with Gasteiger partial charge in [-0.1, -0.05) is 13.8 Å². The standard InChI is InChI=1S/C15H27N3O3/c1-10(2)14(20)17-12(6-4-8-16)15(21)18-9-5-7-13(18)11(3)19/h10,12-13H,4-9,16H2,1-3H3,(H,17,20). The second-order valence-corrected chi connectivity index (χ2v) is 5.95. The van der Waals surface area contributed by atoms with E-state index in [1.165, 1.54) is 6.92 Å². The molecule has 120 valence electrons. The maximum absolute atomic E-state index is 12.6. The highest BCUT2D eigenvalue weighted by atomic mass is 16.2. The van der Waals surface area contributed by atoms with Crippen LogP contribution in [0.2, 0.25) is 0 Å². The molecule has 0 aromatic heterocycles. The summed E-state index contributed by atoms with van der Waals surface area (Å²) in [6, 6.07) is -0.919. The summed E-state index contributed by atoms with van der Waals surface area (Å²) < 4.78 is 0. The molecule has 0 aromatic rings. The van der Waals surface area contributed by atoms with Crippen LogP contribution in [-0.2, 0) is 14.4 Å². The monoisotopic (exact) mass is 297 g/mol. The molecule has 0 spiro atoms. The number of amides is 2. The smallest absolute Gasteiger partial charge is 0.245 e. The molecule has 1 aliphatic rings. The molecular weight excluding hydrogens is 270 g/mol. The number of hydrogen-bond acceptors (Lipinski definition) is 4. The molecule has 1 fully saturated rings. The Kier molecular flexibility index (Phi) is 6.81. The number of nitrogens with one attached hydrogen (secondary N) is 1. The molecule has 1 saturated heterocycles. The summed E-state index contributed by atoms with van der Waals surface area (Å²) in [5, 5.41) is 2.79. The minimum absolute atomic E-state index is 0.00797.